The standard InChI is InChI=1S/C8H7IN2O/c1-12-8-5-3-2-4-6(9)7(5)10-11-8/h2-4H,1H3,(H,10,11). The van der Waals surface area contributed by atoms with Crippen LogP contribution in [-0.2, 0) is 0 Å². The molecule has 0 aliphatic carbocycles. The zero-order chi connectivity index (χ0) is 8.55. The quantitative estimate of drug-likeness (QED) is 0.809. The summed E-state index contributed by atoms with van der Waals surface area (Å²) in [7, 11) is 1.62. The van der Waals surface area contributed by atoms with E-state index >= 15 is 0 Å². The van der Waals surface area contributed by atoms with Crippen molar-refractivity contribution in [2.75, 3.05) is 7.11 Å². The highest BCUT2D eigenvalue weighted by atomic mass is 127. The number of nitrogens with one attached hydrogen (secondary N) is 1. The van der Waals surface area contributed by atoms with Crippen molar-refractivity contribution in [3.05, 3.63) is 21.8 Å². The summed E-state index contributed by atoms with van der Waals surface area (Å²) in [5, 5.41) is 7.98. The molecule has 1 aromatic carbocycles. The van der Waals surface area contributed by atoms with Crippen LogP contribution >= 0.6 is 22.6 Å². The van der Waals surface area contributed by atoms with Gasteiger partial charge in [-0.3, -0.25) is 5.10 Å². The minimum atomic E-state index is 0.656. The number of fused-ring (bicyclic) bond motifs is 1. The Morgan fingerprint density at radius 1 is 1.50 bits per heavy atom. The molecule has 0 saturated carbocycles. The topological polar surface area (TPSA) is 37.9 Å². The average molecular weight is 274 g/mol. The van der Waals surface area contributed by atoms with Gasteiger partial charge in [0.1, 0.15) is 0 Å². The Morgan fingerprint density at radius 3 is 3.08 bits per heavy atom. The fraction of sp³-hybridized carbons (Fsp3) is 0.125. The molecule has 0 amide bonds. The molecule has 0 unspecified atom stereocenters. The third-order valence-corrected chi connectivity index (χ3v) is 2.61. The number of para-hydroxylation sites is 1. The van der Waals surface area contributed by atoms with Crippen LogP contribution in [0.4, 0.5) is 0 Å². The van der Waals surface area contributed by atoms with Crippen molar-refractivity contribution in [2.45, 2.75) is 0 Å². The normalized spacial score (nSPS) is 10.5. The number of ether oxygens (including phenoxy) is 1. The Hall–Kier alpha value is -0.780. The molecule has 0 saturated heterocycles. The lowest BCUT2D eigenvalue weighted by atomic mass is 10.2. The zero-order valence-electron chi connectivity index (χ0n) is 6.47. The molecule has 2 aromatic rings. The number of benzene rings is 1. The lowest BCUT2D eigenvalue weighted by Crippen LogP contribution is -1.81. The Labute approximate surface area is 83.3 Å². The predicted octanol–water partition coefficient (Wildman–Crippen LogP) is 2.18. The van der Waals surface area contributed by atoms with Gasteiger partial charge in [0, 0.05) is 3.57 Å². The highest BCUT2D eigenvalue weighted by Gasteiger charge is 2.06. The van der Waals surface area contributed by atoms with Gasteiger partial charge in [-0.15, -0.1) is 5.10 Å². The highest BCUT2D eigenvalue weighted by molar-refractivity contribution is 14.1. The van der Waals surface area contributed by atoms with Crippen molar-refractivity contribution >= 4 is 33.5 Å². The summed E-state index contributed by atoms with van der Waals surface area (Å²) in [5.74, 6) is 0.656. The van der Waals surface area contributed by atoms with Crippen LogP contribution in [0.5, 0.6) is 5.88 Å². The fourth-order valence-corrected chi connectivity index (χ4v) is 1.76. The van der Waals surface area contributed by atoms with Crippen LogP contribution in [0.1, 0.15) is 0 Å². The molecule has 0 spiro atoms. The number of aromatic amines is 1. The molecule has 1 aromatic heterocycles. The van der Waals surface area contributed by atoms with Gasteiger partial charge in [0.25, 0.3) is 0 Å². The second kappa shape index (κ2) is 2.93. The monoisotopic (exact) mass is 274 g/mol. The summed E-state index contributed by atoms with van der Waals surface area (Å²) in [5.41, 5.74) is 1.04. The van der Waals surface area contributed by atoms with Crippen LogP contribution < -0.4 is 4.74 Å². The van der Waals surface area contributed by atoms with Gasteiger partial charge in [0.15, 0.2) is 0 Å². The van der Waals surface area contributed by atoms with E-state index in [0.717, 1.165) is 14.5 Å². The van der Waals surface area contributed by atoms with Crippen LogP contribution in [0.2, 0.25) is 0 Å². The van der Waals surface area contributed by atoms with E-state index in [1.54, 1.807) is 7.11 Å². The molecular weight excluding hydrogens is 267 g/mol. The highest BCUT2D eigenvalue weighted by Crippen LogP contribution is 2.25. The number of aromatic nitrogens is 2. The van der Waals surface area contributed by atoms with Gasteiger partial charge in [0.2, 0.25) is 5.88 Å². The van der Waals surface area contributed by atoms with Crippen LogP contribution in [-0.4, -0.2) is 17.3 Å². The van der Waals surface area contributed by atoms with Gasteiger partial charge < -0.3 is 4.74 Å². The van der Waals surface area contributed by atoms with E-state index in [9.17, 15) is 0 Å². The first-order valence-electron chi connectivity index (χ1n) is 3.49. The molecule has 12 heavy (non-hydrogen) atoms. The molecule has 62 valence electrons. The van der Waals surface area contributed by atoms with Crippen molar-refractivity contribution < 1.29 is 4.74 Å². The van der Waals surface area contributed by atoms with Gasteiger partial charge in [-0.25, -0.2) is 0 Å². The molecular formula is C8H7IN2O. The molecule has 0 aliphatic heterocycles. The number of methoxy groups -OCH3 is 1. The van der Waals surface area contributed by atoms with Gasteiger partial charge in [-0.2, -0.15) is 0 Å². The summed E-state index contributed by atoms with van der Waals surface area (Å²) in [4.78, 5) is 0. The van der Waals surface area contributed by atoms with E-state index in [4.69, 9.17) is 4.74 Å². The molecule has 1 heterocycles. The molecule has 0 fully saturated rings. The molecule has 4 heteroatoms. The molecule has 0 bridgehead atoms. The number of halogens is 1. The molecule has 0 aliphatic rings. The van der Waals surface area contributed by atoms with E-state index in [1.165, 1.54) is 0 Å². The third-order valence-electron chi connectivity index (χ3n) is 1.71. The Bertz CT molecular complexity index is 410. The van der Waals surface area contributed by atoms with Crippen molar-refractivity contribution in [1.29, 1.82) is 0 Å². The maximum Gasteiger partial charge on any atom is 0.240 e. The van der Waals surface area contributed by atoms with Gasteiger partial charge in [-0.1, -0.05) is 6.07 Å². The van der Waals surface area contributed by atoms with Gasteiger partial charge >= 0.3 is 0 Å². The molecule has 0 atom stereocenters. The fourth-order valence-electron chi connectivity index (χ4n) is 1.14. The van der Waals surface area contributed by atoms with Crippen LogP contribution in [0.3, 0.4) is 0 Å². The van der Waals surface area contributed by atoms with E-state index in [-0.39, 0.29) is 0 Å². The van der Waals surface area contributed by atoms with Crippen molar-refractivity contribution in [1.82, 2.24) is 10.2 Å². The summed E-state index contributed by atoms with van der Waals surface area (Å²) in [6.07, 6.45) is 0. The Balaban J connectivity index is 2.80. The number of rotatable bonds is 1. The minimum Gasteiger partial charge on any atom is -0.480 e. The van der Waals surface area contributed by atoms with Gasteiger partial charge in [-0.05, 0) is 34.7 Å². The maximum atomic E-state index is 5.08. The molecule has 1 N–H and O–H groups in total. The average Bonchev–Trinajstić information content (AvgIpc) is 2.49. The van der Waals surface area contributed by atoms with Crippen molar-refractivity contribution in [3.8, 4) is 5.88 Å². The minimum absolute atomic E-state index is 0.656. The third kappa shape index (κ3) is 1.06. The van der Waals surface area contributed by atoms with Crippen LogP contribution in [0, 0.1) is 3.57 Å². The van der Waals surface area contributed by atoms with Gasteiger partial charge in [0.05, 0.1) is 18.0 Å². The van der Waals surface area contributed by atoms with Crippen molar-refractivity contribution in [3.63, 3.8) is 0 Å². The first-order valence-corrected chi connectivity index (χ1v) is 4.57. The lowest BCUT2D eigenvalue weighted by molar-refractivity contribution is 0.401. The second-order valence-electron chi connectivity index (χ2n) is 2.40. The molecule has 3 nitrogen and oxygen atoms in total. The summed E-state index contributed by atoms with van der Waals surface area (Å²) < 4.78 is 6.23. The maximum absolute atomic E-state index is 5.08. The smallest absolute Gasteiger partial charge is 0.240 e. The van der Waals surface area contributed by atoms with Crippen molar-refractivity contribution in [2.24, 2.45) is 0 Å². The van der Waals surface area contributed by atoms with E-state index < -0.39 is 0 Å². The second-order valence-corrected chi connectivity index (χ2v) is 3.56. The number of hydrogen-bond acceptors (Lipinski definition) is 2. The largest absolute Gasteiger partial charge is 0.480 e. The summed E-state index contributed by atoms with van der Waals surface area (Å²) in [6, 6.07) is 6.00. The van der Waals surface area contributed by atoms with Crippen LogP contribution in [0.15, 0.2) is 18.2 Å². The van der Waals surface area contributed by atoms with Crippen LogP contribution in [0.25, 0.3) is 10.9 Å². The SMILES string of the molecule is COc1n[nH]c2c(I)cccc12. The zero-order valence-corrected chi connectivity index (χ0v) is 8.62. The summed E-state index contributed by atoms with van der Waals surface area (Å²) >= 11 is 2.26. The van der Waals surface area contributed by atoms with E-state index in [2.05, 4.69) is 32.8 Å². The molecule has 0 radical (unpaired) electrons. The Kier molecular flexibility index (Phi) is 1.92. The molecule has 2 rings (SSSR count). The summed E-state index contributed by atoms with van der Waals surface area (Å²) in [6.45, 7) is 0. The Morgan fingerprint density at radius 2 is 2.33 bits per heavy atom. The number of hydrogen-bond donors (Lipinski definition) is 1. The first kappa shape index (κ1) is 7.85. The predicted molar refractivity (Wildman–Crippen MR) is 55.4 cm³/mol. The van der Waals surface area contributed by atoms with E-state index in [0.29, 0.717) is 5.88 Å². The lowest BCUT2D eigenvalue weighted by Gasteiger charge is -1.93. The first-order chi connectivity index (χ1) is 5.83. The number of H-pyrrole nitrogens is 1. The van der Waals surface area contributed by atoms with E-state index in [1.807, 2.05) is 18.2 Å². The number of nitrogens with zero attached hydrogens (tertiary/aromatic N) is 1.